The molecular formula is C15H16IN3O3S. The Morgan fingerprint density at radius 3 is 2.43 bits per heavy atom. The van der Waals surface area contributed by atoms with Crippen LogP contribution in [0.1, 0.15) is 19.4 Å². The molecule has 2 aliphatic heterocycles. The van der Waals surface area contributed by atoms with Gasteiger partial charge >= 0.3 is 0 Å². The molecule has 6 nitrogen and oxygen atoms in total. The maximum Gasteiger partial charge on any atom is 0.270 e. The van der Waals surface area contributed by atoms with Gasteiger partial charge < -0.3 is 0 Å². The number of carbonyl (C=O) groups is 1. The molecular weight excluding hydrogens is 429 g/mol. The zero-order valence-electron chi connectivity index (χ0n) is 12.9. The molecule has 0 aliphatic carbocycles. The van der Waals surface area contributed by atoms with Crippen molar-refractivity contribution in [2.75, 3.05) is 6.54 Å². The molecule has 122 valence electrons. The van der Waals surface area contributed by atoms with Crippen LogP contribution < -0.4 is 0 Å². The van der Waals surface area contributed by atoms with Gasteiger partial charge in [-0.1, -0.05) is 40.3 Å². The summed E-state index contributed by atoms with van der Waals surface area (Å²) >= 11 is 1.98. The third-order valence-electron chi connectivity index (χ3n) is 3.84. The van der Waals surface area contributed by atoms with Crippen LogP contribution in [-0.2, 0) is 14.8 Å². The minimum Gasteiger partial charge on any atom is -0.273 e. The molecule has 3 rings (SSSR count). The van der Waals surface area contributed by atoms with Gasteiger partial charge in [0, 0.05) is 0 Å². The van der Waals surface area contributed by atoms with E-state index in [2.05, 4.69) is 4.99 Å². The van der Waals surface area contributed by atoms with E-state index in [0.29, 0.717) is 5.70 Å². The van der Waals surface area contributed by atoms with Crippen LogP contribution in [0, 0.1) is 6.92 Å². The van der Waals surface area contributed by atoms with Crippen LogP contribution in [0.15, 0.2) is 43.9 Å². The van der Waals surface area contributed by atoms with Crippen molar-refractivity contribution in [3.63, 3.8) is 0 Å². The number of carbonyl (C=O) groups excluding carboxylic acids is 1. The van der Waals surface area contributed by atoms with Gasteiger partial charge in [-0.15, -0.1) is 0 Å². The van der Waals surface area contributed by atoms with Crippen molar-refractivity contribution < 1.29 is 13.2 Å². The fraction of sp³-hybridized carbons (Fsp3) is 0.333. The lowest BCUT2D eigenvalue weighted by Crippen LogP contribution is -2.38. The highest BCUT2D eigenvalue weighted by Crippen LogP contribution is 2.35. The molecule has 0 aromatic heterocycles. The van der Waals surface area contributed by atoms with Crippen LogP contribution in [-0.4, -0.2) is 41.6 Å². The van der Waals surface area contributed by atoms with E-state index < -0.39 is 15.6 Å². The number of halogens is 1. The molecule has 1 aromatic rings. The van der Waals surface area contributed by atoms with Crippen molar-refractivity contribution in [1.29, 1.82) is 0 Å². The van der Waals surface area contributed by atoms with E-state index in [1.807, 2.05) is 29.5 Å². The monoisotopic (exact) mass is 445 g/mol. The Morgan fingerprint density at radius 1 is 1.26 bits per heavy atom. The van der Waals surface area contributed by atoms with Crippen LogP contribution >= 0.6 is 22.6 Å². The van der Waals surface area contributed by atoms with Gasteiger partial charge in [0.2, 0.25) is 5.96 Å². The van der Waals surface area contributed by atoms with Crippen molar-refractivity contribution in [3.8, 4) is 0 Å². The van der Waals surface area contributed by atoms with E-state index in [-0.39, 0.29) is 23.3 Å². The first kappa shape index (κ1) is 16.4. The Bertz CT molecular complexity index is 841. The molecule has 1 saturated heterocycles. The summed E-state index contributed by atoms with van der Waals surface area (Å²) in [5.41, 5.74) is 0.563. The predicted octanol–water partition coefficient (Wildman–Crippen LogP) is 2.25. The molecule has 1 amide bonds. The molecule has 8 heteroatoms. The fourth-order valence-electron chi connectivity index (χ4n) is 2.59. The predicted molar refractivity (Wildman–Crippen MR) is 95.5 cm³/mol. The average molecular weight is 445 g/mol. The fourth-order valence-corrected chi connectivity index (χ4v) is 4.72. The van der Waals surface area contributed by atoms with E-state index in [1.165, 1.54) is 9.21 Å². The summed E-state index contributed by atoms with van der Waals surface area (Å²) in [7, 11) is -3.81. The second-order valence-electron chi connectivity index (χ2n) is 6.05. The second-order valence-corrected chi connectivity index (χ2v) is 8.45. The topological polar surface area (TPSA) is 70.0 Å². The SMILES string of the molecule is Cc1ccc(S(=O)(=O)N2C3=NC(C)(C)C(=O)N3C/C2=C\I)cc1. The lowest BCUT2D eigenvalue weighted by molar-refractivity contribution is -0.129. The third kappa shape index (κ3) is 2.47. The van der Waals surface area contributed by atoms with Gasteiger partial charge in [-0.2, -0.15) is 0 Å². The van der Waals surface area contributed by atoms with Crippen molar-refractivity contribution in [1.82, 2.24) is 9.21 Å². The number of hydrogen-bond donors (Lipinski definition) is 0. The minimum absolute atomic E-state index is 0.181. The lowest BCUT2D eigenvalue weighted by atomic mass is 10.1. The van der Waals surface area contributed by atoms with E-state index in [0.717, 1.165) is 5.56 Å². The molecule has 0 spiro atoms. The first-order valence-electron chi connectivity index (χ1n) is 7.01. The number of sulfonamides is 1. The summed E-state index contributed by atoms with van der Waals surface area (Å²) < 4.78 is 28.9. The Balaban J connectivity index is 2.13. The summed E-state index contributed by atoms with van der Waals surface area (Å²) in [5.74, 6) is -0.00616. The molecule has 0 atom stereocenters. The van der Waals surface area contributed by atoms with Gasteiger partial charge in [0.1, 0.15) is 5.54 Å². The van der Waals surface area contributed by atoms with Crippen LogP contribution in [0.2, 0.25) is 0 Å². The van der Waals surface area contributed by atoms with Gasteiger partial charge in [0.15, 0.2) is 0 Å². The van der Waals surface area contributed by atoms with E-state index >= 15 is 0 Å². The minimum atomic E-state index is -3.81. The molecule has 0 N–H and O–H groups in total. The van der Waals surface area contributed by atoms with Gasteiger partial charge in [-0.25, -0.2) is 17.7 Å². The molecule has 0 unspecified atom stereocenters. The van der Waals surface area contributed by atoms with Crippen LogP contribution in [0.3, 0.4) is 0 Å². The van der Waals surface area contributed by atoms with Crippen molar-refractivity contribution in [2.45, 2.75) is 31.2 Å². The molecule has 2 aliphatic rings. The number of amides is 1. The standard InChI is InChI=1S/C15H16IN3O3S/c1-10-4-6-12(7-5-10)23(21,22)19-11(8-16)9-18-13(20)15(2,3)17-14(18)19/h4-8H,9H2,1-3H3/b11-8+. The van der Waals surface area contributed by atoms with E-state index in [4.69, 9.17) is 0 Å². The zero-order valence-corrected chi connectivity index (χ0v) is 15.9. The molecule has 1 aromatic carbocycles. The number of aliphatic imine (C=N–C) groups is 1. The van der Waals surface area contributed by atoms with Crippen molar-refractivity contribution in [3.05, 3.63) is 39.6 Å². The number of guanidine groups is 1. The second kappa shape index (κ2) is 5.30. The molecule has 0 radical (unpaired) electrons. The van der Waals surface area contributed by atoms with E-state index in [9.17, 15) is 13.2 Å². The molecule has 0 bridgehead atoms. The summed E-state index contributed by atoms with van der Waals surface area (Å²) in [5, 5.41) is 0. The normalized spacial score (nSPS) is 21.8. The number of fused-ring (bicyclic) bond motifs is 1. The van der Waals surface area contributed by atoms with Gasteiger partial charge in [0.05, 0.1) is 17.1 Å². The Morgan fingerprint density at radius 2 is 1.87 bits per heavy atom. The van der Waals surface area contributed by atoms with Crippen LogP contribution in [0.25, 0.3) is 0 Å². The van der Waals surface area contributed by atoms with Crippen LogP contribution in [0.4, 0.5) is 0 Å². The van der Waals surface area contributed by atoms with Gasteiger partial charge in [0.25, 0.3) is 15.9 Å². The van der Waals surface area contributed by atoms with Gasteiger partial charge in [-0.3, -0.25) is 9.69 Å². The molecule has 0 saturated carbocycles. The number of hydrogen-bond acceptors (Lipinski definition) is 4. The Kier molecular flexibility index (Phi) is 3.79. The first-order chi connectivity index (χ1) is 10.7. The highest BCUT2D eigenvalue weighted by molar-refractivity contribution is 14.1. The molecule has 23 heavy (non-hydrogen) atoms. The van der Waals surface area contributed by atoms with E-state index in [1.54, 1.807) is 42.2 Å². The van der Waals surface area contributed by atoms with Gasteiger partial charge in [-0.05, 0) is 37.0 Å². The largest absolute Gasteiger partial charge is 0.273 e. The number of nitrogens with zero attached hydrogens (tertiary/aromatic N) is 3. The summed E-state index contributed by atoms with van der Waals surface area (Å²) in [6.07, 6.45) is 0. The number of aryl methyl sites for hydroxylation is 1. The lowest BCUT2D eigenvalue weighted by Gasteiger charge is -2.19. The quantitative estimate of drug-likeness (QED) is 0.656. The average Bonchev–Trinajstić information content (AvgIpc) is 2.94. The Labute approximate surface area is 149 Å². The third-order valence-corrected chi connectivity index (χ3v) is 6.30. The van der Waals surface area contributed by atoms with Crippen molar-refractivity contribution in [2.24, 2.45) is 4.99 Å². The first-order valence-corrected chi connectivity index (χ1v) is 9.70. The maximum atomic E-state index is 13.0. The van der Waals surface area contributed by atoms with Crippen molar-refractivity contribution >= 4 is 44.5 Å². The Hall–Kier alpha value is -1.42. The molecule has 2 heterocycles. The smallest absolute Gasteiger partial charge is 0.270 e. The van der Waals surface area contributed by atoms with Crippen LogP contribution in [0.5, 0.6) is 0 Å². The highest BCUT2D eigenvalue weighted by atomic mass is 127. The highest BCUT2D eigenvalue weighted by Gasteiger charge is 2.51. The summed E-state index contributed by atoms with van der Waals surface area (Å²) in [6, 6.07) is 6.64. The number of rotatable bonds is 2. The summed E-state index contributed by atoms with van der Waals surface area (Å²) in [6.45, 7) is 5.48. The molecule has 1 fully saturated rings. The number of benzene rings is 1. The maximum absolute atomic E-state index is 13.0. The zero-order chi connectivity index (χ0) is 17.0. The summed E-state index contributed by atoms with van der Waals surface area (Å²) in [4.78, 5) is 18.3.